The van der Waals surface area contributed by atoms with Crippen LogP contribution in [0.15, 0.2) is 48.5 Å². The smallest absolute Gasteiger partial charge is 0.255 e. The number of hydrogen-bond donors (Lipinski definition) is 2. The maximum absolute atomic E-state index is 12.5. The fourth-order valence-corrected chi connectivity index (χ4v) is 3.51. The first-order chi connectivity index (χ1) is 13.7. The van der Waals surface area contributed by atoms with Crippen LogP contribution in [0.2, 0.25) is 0 Å². The molecule has 1 aliphatic rings. The highest BCUT2D eigenvalue weighted by molar-refractivity contribution is 6.05. The molecule has 0 aliphatic heterocycles. The average Bonchev–Trinajstić information content (AvgIpc) is 2.98. The molecule has 0 atom stereocenters. The molecule has 0 aromatic heterocycles. The van der Waals surface area contributed by atoms with Gasteiger partial charge in [0.1, 0.15) is 5.75 Å². The predicted molar refractivity (Wildman–Crippen MR) is 111 cm³/mol. The van der Waals surface area contributed by atoms with E-state index in [-0.39, 0.29) is 17.9 Å². The van der Waals surface area contributed by atoms with Crippen molar-refractivity contribution >= 4 is 17.5 Å². The van der Waals surface area contributed by atoms with Crippen LogP contribution in [0.5, 0.6) is 5.75 Å². The van der Waals surface area contributed by atoms with Gasteiger partial charge in [0.05, 0.1) is 12.3 Å². The van der Waals surface area contributed by atoms with Gasteiger partial charge in [0.15, 0.2) is 0 Å². The van der Waals surface area contributed by atoms with E-state index in [9.17, 15) is 9.59 Å². The molecule has 148 valence electrons. The van der Waals surface area contributed by atoms with Crippen molar-refractivity contribution < 1.29 is 14.3 Å². The number of para-hydroxylation sites is 2. The Hall–Kier alpha value is -2.82. The second-order valence-corrected chi connectivity index (χ2v) is 7.12. The molecule has 0 heterocycles. The summed E-state index contributed by atoms with van der Waals surface area (Å²) in [5.41, 5.74) is 1.71. The molecule has 0 bridgehead atoms. The predicted octanol–water partition coefficient (Wildman–Crippen LogP) is 4.79. The number of benzene rings is 2. The third kappa shape index (κ3) is 5.35. The highest BCUT2D eigenvalue weighted by Gasteiger charge is 2.16. The van der Waals surface area contributed by atoms with Crippen LogP contribution in [0.4, 0.5) is 5.69 Å². The molecule has 3 rings (SSSR count). The number of amides is 2. The SMILES string of the molecule is CCOc1ccccc1NC(=O)c1ccc(C(=O)NC2CCCCCC2)cc1. The minimum atomic E-state index is -0.233. The molecule has 2 N–H and O–H groups in total. The summed E-state index contributed by atoms with van der Waals surface area (Å²) >= 11 is 0. The van der Waals surface area contributed by atoms with Crippen molar-refractivity contribution in [1.29, 1.82) is 0 Å². The molecule has 2 aromatic carbocycles. The Morgan fingerprint density at radius 1 is 0.893 bits per heavy atom. The lowest BCUT2D eigenvalue weighted by Crippen LogP contribution is -2.34. The summed E-state index contributed by atoms with van der Waals surface area (Å²) in [6, 6.07) is 14.4. The Bertz CT molecular complexity index is 794. The minimum Gasteiger partial charge on any atom is -0.492 e. The Morgan fingerprint density at radius 2 is 1.50 bits per heavy atom. The normalized spacial score (nSPS) is 14.8. The molecular weight excluding hydrogens is 352 g/mol. The quantitative estimate of drug-likeness (QED) is 0.708. The van der Waals surface area contributed by atoms with Crippen molar-refractivity contribution in [2.45, 2.75) is 51.5 Å². The standard InChI is InChI=1S/C23H28N2O3/c1-2-28-21-12-8-7-11-20(21)25-23(27)18-15-13-17(14-16-18)22(26)24-19-9-5-3-4-6-10-19/h7-8,11-16,19H,2-6,9-10H2,1H3,(H,24,26)(H,25,27). The van der Waals surface area contributed by atoms with Crippen LogP contribution in [-0.2, 0) is 0 Å². The zero-order chi connectivity index (χ0) is 19.8. The summed E-state index contributed by atoms with van der Waals surface area (Å²) in [5, 5.41) is 6.00. The number of hydrogen-bond acceptors (Lipinski definition) is 3. The lowest BCUT2D eigenvalue weighted by Gasteiger charge is -2.16. The third-order valence-electron chi connectivity index (χ3n) is 5.03. The third-order valence-corrected chi connectivity index (χ3v) is 5.03. The zero-order valence-corrected chi connectivity index (χ0v) is 16.4. The first-order valence-electron chi connectivity index (χ1n) is 10.1. The van der Waals surface area contributed by atoms with Crippen molar-refractivity contribution in [3.8, 4) is 5.75 Å². The maximum Gasteiger partial charge on any atom is 0.255 e. The van der Waals surface area contributed by atoms with Crippen LogP contribution >= 0.6 is 0 Å². The second-order valence-electron chi connectivity index (χ2n) is 7.12. The molecule has 2 amide bonds. The first-order valence-corrected chi connectivity index (χ1v) is 10.1. The van der Waals surface area contributed by atoms with E-state index >= 15 is 0 Å². The van der Waals surface area contributed by atoms with Gasteiger partial charge in [-0.15, -0.1) is 0 Å². The van der Waals surface area contributed by atoms with Gasteiger partial charge in [-0.1, -0.05) is 37.8 Å². The van der Waals surface area contributed by atoms with E-state index < -0.39 is 0 Å². The van der Waals surface area contributed by atoms with E-state index in [1.165, 1.54) is 25.7 Å². The Balaban J connectivity index is 1.62. The molecule has 1 aliphatic carbocycles. The topological polar surface area (TPSA) is 67.4 Å². The molecule has 0 saturated heterocycles. The van der Waals surface area contributed by atoms with E-state index in [1.807, 2.05) is 25.1 Å². The molecule has 2 aromatic rings. The lowest BCUT2D eigenvalue weighted by molar-refractivity contribution is 0.0932. The number of carbonyl (C=O) groups is 2. The molecule has 0 unspecified atom stereocenters. The van der Waals surface area contributed by atoms with Crippen molar-refractivity contribution in [3.05, 3.63) is 59.7 Å². The number of ether oxygens (including phenoxy) is 1. The molecule has 0 radical (unpaired) electrons. The fraction of sp³-hybridized carbons (Fsp3) is 0.391. The van der Waals surface area contributed by atoms with Crippen molar-refractivity contribution in [2.75, 3.05) is 11.9 Å². The number of nitrogens with one attached hydrogen (secondary N) is 2. The van der Waals surface area contributed by atoms with E-state index in [0.717, 1.165) is 12.8 Å². The summed E-state index contributed by atoms with van der Waals surface area (Å²) < 4.78 is 5.54. The molecule has 5 nitrogen and oxygen atoms in total. The van der Waals surface area contributed by atoms with Crippen LogP contribution in [0.3, 0.4) is 0 Å². The monoisotopic (exact) mass is 380 g/mol. The number of carbonyl (C=O) groups excluding carboxylic acids is 2. The molecule has 28 heavy (non-hydrogen) atoms. The molecule has 1 saturated carbocycles. The molecule has 5 heteroatoms. The van der Waals surface area contributed by atoms with Gasteiger partial charge in [-0.2, -0.15) is 0 Å². The van der Waals surface area contributed by atoms with E-state index in [2.05, 4.69) is 10.6 Å². The average molecular weight is 380 g/mol. The van der Waals surface area contributed by atoms with Gasteiger partial charge in [-0.05, 0) is 56.2 Å². The zero-order valence-electron chi connectivity index (χ0n) is 16.4. The van der Waals surface area contributed by atoms with Gasteiger partial charge >= 0.3 is 0 Å². The van der Waals surface area contributed by atoms with Crippen LogP contribution in [-0.4, -0.2) is 24.5 Å². The summed E-state index contributed by atoms with van der Waals surface area (Å²) in [7, 11) is 0. The van der Waals surface area contributed by atoms with Gasteiger partial charge in [0.25, 0.3) is 11.8 Å². The van der Waals surface area contributed by atoms with Gasteiger partial charge in [-0.25, -0.2) is 0 Å². The molecule has 0 spiro atoms. The largest absolute Gasteiger partial charge is 0.492 e. The van der Waals surface area contributed by atoms with Crippen molar-refractivity contribution in [2.24, 2.45) is 0 Å². The number of anilines is 1. The van der Waals surface area contributed by atoms with Crippen LogP contribution < -0.4 is 15.4 Å². The summed E-state index contributed by atoms with van der Waals surface area (Å²) in [6.45, 7) is 2.43. The molecular formula is C23H28N2O3. The van der Waals surface area contributed by atoms with Gasteiger partial charge in [0, 0.05) is 17.2 Å². The van der Waals surface area contributed by atoms with Crippen LogP contribution in [0.25, 0.3) is 0 Å². The first kappa shape index (κ1) is 19.9. The molecule has 1 fully saturated rings. The van der Waals surface area contributed by atoms with Crippen LogP contribution in [0, 0.1) is 0 Å². The van der Waals surface area contributed by atoms with E-state index in [1.54, 1.807) is 30.3 Å². The second kappa shape index (κ2) is 9.93. The highest BCUT2D eigenvalue weighted by Crippen LogP contribution is 2.24. The van der Waals surface area contributed by atoms with Gasteiger partial charge < -0.3 is 15.4 Å². The Kier molecular flexibility index (Phi) is 7.06. The summed E-state index contributed by atoms with van der Waals surface area (Å²) in [5.74, 6) is 0.334. The minimum absolute atomic E-state index is 0.0689. The lowest BCUT2D eigenvalue weighted by atomic mass is 10.1. The fourth-order valence-electron chi connectivity index (χ4n) is 3.51. The Morgan fingerprint density at radius 3 is 2.14 bits per heavy atom. The van der Waals surface area contributed by atoms with E-state index in [0.29, 0.717) is 29.2 Å². The summed E-state index contributed by atoms with van der Waals surface area (Å²) in [6.07, 6.45) is 6.95. The van der Waals surface area contributed by atoms with E-state index in [4.69, 9.17) is 4.74 Å². The van der Waals surface area contributed by atoms with Crippen molar-refractivity contribution in [3.63, 3.8) is 0 Å². The van der Waals surface area contributed by atoms with Crippen LogP contribution in [0.1, 0.15) is 66.2 Å². The summed E-state index contributed by atoms with van der Waals surface area (Å²) in [4.78, 5) is 25.0. The van der Waals surface area contributed by atoms with Gasteiger partial charge in [-0.3, -0.25) is 9.59 Å². The maximum atomic E-state index is 12.5. The number of rotatable bonds is 6. The Labute approximate surface area is 166 Å². The highest BCUT2D eigenvalue weighted by atomic mass is 16.5. The van der Waals surface area contributed by atoms with Crippen molar-refractivity contribution in [1.82, 2.24) is 5.32 Å². The van der Waals surface area contributed by atoms with Gasteiger partial charge in [0.2, 0.25) is 0 Å².